The number of nitrogens with zero attached hydrogens (tertiary/aromatic N) is 2. The maximum Gasteiger partial charge on any atom is 0.317 e. The Bertz CT molecular complexity index is 616. The molecule has 156 valence electrons. The first-order chi connectivity index (χ1) is 13.4. The van der Waals surface area contributed by atoms with E-state index in [1.807, 2.05) is 13.8 Å². The Morgan fingerprint density at radius 3 is 2.43 bits per heavy atom. The molecule has 0 unspecified atom stereocenters. The van der Waals surface area contributed by atoms with Gasteiger partial charge in [-0.3, -0.25) is 9.69 Å². The van der Waals surface area contributed by atoms with Gasteiger partial charge >= 0.3 is 6.03 Å². The first-order valence-electron chi connectivity index (χ1n) is 9.87. The Kier molecular flexibility index (Phi) is 9.00. The van der Waals surface area contributed by atoms with E-state index in [2.05, 4.69) is 15.5 Å². The van der Waals surface area contributed by atoms with Gasteiger partial charge in [0.15, 0.2) is 0 Å². The molecule has 0 saturated carbocycles. The van der Waals surface area contributed by atoms with Crippen LogP contribution in [0.15, 0.2) is 24.3 Å². The number of hydrogen-bond acceptors (Lipinski definition) is 4. The zero-order valence-corrected chi connectivity index (χ0v) is 16.7. The Balaban J connectivity index is 1.53. The van der Waals surface area contributed by atoms with Crippen molar-refractivity contribution in [2.24, 2.45) is 0 Å². The molecule has 7 nitrogen and oxygen atoms in total. The average molecular weight is 394 g/mol. The van der Waals surface area contributed by atoms with E-state index in [0.717, 1.165) is 12.8 Å². The summed E-state index contributed by atoms with van der Waals surface area (Å²) in [4.78, 5) is 27.9. The summed E-state index contributed by atoms with van der Waals surface area (Å²) >= 11 is 0. The maximum atomic E-state index is 12.8. The second-order valence-electron chi connectivity index (χ2n) is 7.23. The van der Waals surface area contributed by atoms with Crippen LogP contribution in [0.4, 0.5) is 9.18 Å². The summed E-state index contributed by atoms with van der Waals surface area (Å²) in [5, 5.41) is 5.81. The highest BCUT2D eigenvalue weighted by Crippen LogP contribution is 2.11. The summed E-state index contributed by atoms with van der Waals surface area (Å²) in [6.07, 6.45) is 1.61. The Morgan fingerprint density at radius 2 is 1.79 bits per heavy atom. The number of nitrogens with one attached hydrogen (secondary N) is 2. The van der Waals surface area contributed by atoms with Crippen molar-refractivity contribution >= 4 is 11.9 Å². The van der Waals surface area contributed by atoms with Crippen LogP contribution in [-0.4, -0.2) is 73.7 Å². The fourth-order valence-corrected chi connectivity index (χ4v) is 2.93. The monoisotopic (exact) mass is 394 g/mol. The highest BCUT2D eigenvalue weighted by Gasteiger charge is 2.22. The number of amides is 3. The summed E-state index contributed by atoms with van der Waals surface area (Å²) in [7, 11) is 0. The van der Waals surface area contributed by atoms with Gasteiger partial charge in [0.1, 0.15) is 11.6 Å². The molecule has 2 rings (SSSR count). The topological polar surface area (TPSA) is 73.9 Å². The van der Waals surface area contributed by atoms with Crippen LogP contribution >= 0.6 is 0 Å². The van der Waals surface area contributed by atoms with Gasteiger partial charge in [0, 0.05) is 38.8 Å². The maximum absolute atomic E-state index is 12.8. The van der Waals surface area contributed by atoms with Crippen LogP contribution in [0.5, 0.6) is 5.75 Å². The molecule has 1 aromatic carbocycles. The van der Waals surface area contributed by atoms with Gasteiger partial charge < -0.3 is 20.3 Å². The van der Waals surface area contributed by atoms with Crippen LogP contribution in [0.2, 0.25) is 0 Å². The lowest BCUT2D eigenvalue weighted by molar-refractivity contribution is -0.123. The molecule has 1 fully saturated rings. The fourth-order valence-electron chi connectivity index (χ4n) is 2.93. The molecule has 1 aliphatic rings. The van der Waals surface area contributed by atoms with Crippen molar-refractivity contribution in [3.8, 4) is 5.75 Å². The predicted molar refractivity (Wildman–Crippen MR) is 106 cm³/mol. The summed E-state index contributed by atoms with van der Waals surface area (Å²) in [6.45, 7) is 8.00. The molecule has 1 aromatic rings. The summed E-state index contributed by atoms with van der Waals surface area (Å²) < 4.78 is 18.3. The third-order valence-corrected chi connectivity index (χ3v) is 4.41. The van der Waals surface area contributed by atoms with Crippen molar-refractivity contribution < 1.29 is 18.7 Å². The van der Waals surface area contributed by atoms with Crippen molar-refractivity contribution in [1.82, 2.24) is 20.4 Å². The average Bonchev–Trinajstić information content (AvgIpc) is 2.65. The van der Waals surface area contributed by atoms with Crippen molar-refractivity contribution in [2.45, 2.75) is 32.7 Å². The standard InChI is InChI=1S/C20H31FN4O3/c1-16(2)23-19(26)15-24-10-12-25(13-11-24)20(27)22-9-3-4-14-28-18-7-5-17(21)6-8-18/h5-8,16H,3-4,9-15H2,1-2H3,(H,22,27)(H,23,26). The van der Waals surface area contributed by atoms with Crippen LogP contribution in [-0.2, 0) is 4.79 Å². The zero-order chi connectivity index (χ0) is 20.4. The zero-order valence-electron chi connectivity index (χ0n) is 16.7. The molecule has 0 spiro atoms. The van der Waals surface area contributed by atoms with Crippen molar-refractivity contribution in [2.75, 3.05) is 45.9 Å². The highest BCUT2D eigenvalue weighted by atomic mass is 19.1. The lowest BCUT2D eigenvalue weighted by Crippen LogP contribution is -2.53. The SMILES string of the molecule is CC(C)NC(=O)CN1CCN(C(=O)NCCCCOc2ccc(F)cc2)CC1. The molecule has 0 aliphatic carbocycles. The van der Waals surface area contributed by atoms with E-state index in [1.165, 1.54) is 12.1 Å². The number of ether oxygens (including phenoxy) is 1. The van der Waals surface area contributed by atoms with Gasteiger partial charge in [0.2, 0.25) is 5.91 Å². The molecule has 2 N–H and O–H groups in total. The summed E-state index contributed by atoms with van der Waals surface area (Å²) in [5.74, 6) is 0.385. The van der Waals surface area contributed by atoms with Crippen molar-refractivity contribution in [1.29, 1.82) is 0 Å². The Labute approximate surface area is 166 Å². The number of carbonyl (C=O) groups excluding carboxylic acids is 2. The highest BCUT2D eigenvalue weighted by molar-refractivity contribution is 5.78. The first kappa shape index (κ1) is 21.9. The molecule has 28 heavy (non-hydrogen) atoms. The molecule has 0 atom stereocenters. The van der Waals surface area contributed by atoms with E-state index >= 15 is 0 Å². The smallest absolute Gasteiger partial charge is 0.317 e. The minimum Gasteiger partial charge on any atom is -0.494 e. The van der Waals surface area contributed by atoms with E-state index in [-0.39, 0.29) is 23.8 Å². The minimum atomic E-state index is -0.283. The van der Waals surface area contributed by atoms with Crippen molar-refractivity contribution in [3.05, 3.63) is 30.1 Å². The largest absolute Gasteiger partial charge is 0.494 e. The fraction of sp³-hybridized carbons (Fsp3) is 0.600. The number of carbonyl (C=O) groups is 2. The molecule has 0 radical (unpaired) electrons. The van der Waals surface area contributed by atoms with Gasteiger partial charge in [0.05, 0.1) is 13.2 Å². The molecule has 3 amide bonds. The minimum absolute atomic E-state index is 0.0238. The second kappa shape index (κ2) is 11.5. The lowest BCUT2D eigenvalue weighted by Gasteiger charge is -2.34. The quantitative estimate of drug-likeness (QED) is 0.627. The normalized spacial score (nSPS) is 14.8. The first-order valence-corrected chi connectivity index (χ1v) is 9.87. The van der Waals surface area contributed by atoms with Crippen LogP contribution in [0.25, 0.3) is 0 Å². The molecule has 1 aliphatic heterocycles. The van der Waals surface area contributed by atoms with E-state index in [4.69, 9.17) is 4.74 Å². The van der Waals surface area contributed by atoms with E-state index in [0.29, 0.717) is 51.6 Å². The number of halogens is 1. The van der Waals surface area contributed by atoms with Gasteiger partial charge in [-0.25, -0.2) is 9.18 Å². The predicted octanol–water partition coefficient (Wildman–Crippen LogP) is 1.84. The summed E-state index contributed by atoms with van der Waals surface area (Å²) in [5.41, 5.74) is 0. The molecule has 1 saturated heterocycles. The van der Waals surface area contributed by atoms with Crippen LogP contribution in [0.3, 0.4) is 0 Å². The van der Waals surface area contributed by atoms with Gasteiger partial charge in [0.25, 0.3) is 0 Å². The van der Waals surface area contributed by atoms with Crippen molar-refractivity contribution in [3.63, 3.8) is 0 Å². The number of piperazine rings is 1. The van der Waals surface area contributed by atoms with Gasteiger partial charge in [-0.15, -0.1) is 0 Å². The molecule has 8 heteroatoms. The van der Waals surface area contributed by atoms with Crippen LogP contribution in [0, 0.1) is 5.82 Å². The molecular weight excluding hydrogens is 363 g/mol. The molecule has 0 aromatic heterocycles. The molecule has 1 heterocycles. The molecule has 0 bridgehead atoms. The van der Waals surface area contributed by atoms with Gasteiger partial charge in [-0.1, -0.05) is 0 Å². The van der Waals surface area contributed by atoms with E-state index in [9.17, 15) is 14.0 Å². The number of rotatable bonds is 9. The van der Waals surface area contributed by atoms with Gasteiger partial charge in [-0.05, 0) is 51.0 Å². The third-order valence-electron chi connectivity index (χ3n) is 4.41. The Morgan fingerprint density at radius 1 is 1.11 bits per heavy atom. The number of unbranched alkanes of at least 4 members (excludes halogenated alkanes) is 1. The van der Waals surface area contributed by atoms with Crippen LogP contribution in [0.1, 0.15) is 26.7 Å². The van der Waals surface area contributed by atoms with Gasteiger partial charge in [-0.2, -0.15) is 0 Å². The second-order valence-corrected chi connectivity index (χ2v) is 7.23. The Hall–Kier alpha value is -2.35. The van der Waals surface area contributed by atoms with E-state index < -0.39 is 0 Å². The third kappa shape index (κ3) is 8.12. The summed E-state index contributed by atoms with van der Waals surface area (Å²) in [6, 6.07) is 6.01. The number of urea groups is 1. The molecular formula is C20H31FN4O3. The van der Waals surface area contributed by atoms with Crippen LogP contribution < -0.4 is 15.4 Å². The van der Waals surface area contributed by atoms with E-state index in [1.54, 1.807) is 17.0 Å². The number of hydrogen-bond donors (Lipinski definition) is 2. The number of benzene rings is 1. The lowest BCUT2D eigenvalue weighted by atomic mass is 10.3.